The first-order valence-electron chi connectivity index (χ1n) is 6.44. The van der Waals surface area contributed by atoms with Crippen molar-refractivity contribution in [3.63, 3.8) is 0 Å². The summed E-state index contributed by atoms with van der Waals surface area (Å²) in [5.74, 6) is 1.94. The molecular weight excluding hydrogens is 284 g/mol. The average Bonchev–Trinajstić information content (AvgIpc) is 2.79. The molecule has 0 N–H and O–H groups in total. The fraction of sp³-hybridized carbons (Fsp3) is 0.250. The number of aryl methyl sites for hydroxylation is 1. The van der Waals surface area contributed by atoms with E-state index < -0.39 is 0 Å². The second-order valence-electron chi connectivity index (χ2n) is 4.50. The van der Waals surface area contributed by atoms with Gasteiger partial charge in [0.1, 0.15) is 0 Å². The van der Waals surface area contributed by atoms with Crippen LogP contribution in [0.25, 0.3) is 0 Å². The molecule has 0 spiro atoms. The lowest BCUT2D eigenvalue weighted by Crippen LogP contribution is -2.12. The van der Waals surface area contributed by atoms with E-state index >= 15 is 0 Å². The van der Waals surface area contributed by atoms with Gasteiger partial charge in [-0.2, -0.15) is 0 Å². The third-order valence-electron chi connectivity index (χ3n) is 3.01. The summed E-state index contributed by atoms with van der Waals surface area (Å²) >= 11 is 1.57. The van der Waals surface area contributed by atoms with Crippen molar-refractivity contribution in [2.45, 2.75) is 13.3 Å². The molecule has 0 saturated heterocycles. The number of hydrogen-bond acceptors (Lipinski definition) is 4. The Bertz CT molecular complexity index is 750. The van der Waals surface area contributed by atoms with Gasteiger partial charge in [-0.25, -0.2) is 4.99 Å². The molecule has 108 valence electrons. The predicted octanol–water partition coefficient (Wildman–Crippen LogP) is 2.35. The lowest BCUT2D eigenvalue weighted by atomic mass is 10.1. The summed E-state index contributed by atoms with van der Waals surface area (Å²) in [6.45, 7) is 2.02. The van der Waals surface area contributed by atoms with Gasteiger partial charge < -0.3 is 9.30 Å². The molecule has 0 unspecified atom stereocenters. The average molecular weight is 300 g/mol. The lowest BCUT2D eigenvalue weighted by molar-refractivity contribution is -0.141. The molecule has 5 heteroatoms. The van der Waals surface area contributed by atoms with Crippen LogP contribution in [0.3, 0.4) is 0 Å². The molecule has 2 aromatic rings. The Morgan fingerprint density at radius 3 is 2.90 bits per heavy atom. The highest BCUT2D eigenvalue weighted by Crippen LogP contribution is 2.19. The first-order valence-corrected chi connectivity index (χ1v) is 7.32. The standard InChI is InChI=1S/C16H16N2O2S/c1-4-9-20-15(19)10-13-7-5-6-8-14(13)17-16-18(3)12(2)11-21-16/h1,5-8,11H,9-10H2,2-3H3. The van der Waals surface area contributed by atoms with Gasteiger partial charge in [0.25, 0.3) is 0 Å². The number of carbonyl (C=O) groups is 1. The van der Waals surface area contributed by atoms with E-state index in [4.69, 9.17) is 11.2 Å². The van der Waals surface area contributed by atoms with E-state index in [2.05, 4.69) is 10.9 Å². The molecule has 1 aromatic carbocycles. The highest BCUT2D eigenvalue weighted by atomic mass is 32.1. The lowest BCUT2D eigenvalue weighted by Gasteiger charge is -2.05. The predicted molar refractivity (Wildman–Crippen MR) is 83.2 cm³/mol. The number of para-hydroxylation sites is 1. The molecule has 0 fully saturated rings. The van der Waals surface area contributed by atoms with E-state index in [1.807, 2.05) is 48.2 Å². The minimum absolute atomic E-state index is 0.00276. The van der Waals surface area contributed by atoms with Crippen molar-refractivity contribution in [1.82, 2.24) is 4.57 Å². The van der Waals surface area contributed by atoms with Gasteiger partial charge in [-0.3, -0.25) is 4.79 Å². The number of carbonyl (C=O) groups excluding carboxylic acids is 1. The van der Waals surface area contributed by atoms with Crippen LogP contribution in [0.5, 0.6) is 0 Å². The molecule has 0 aliphatic rings. The topological polar surface area (TPSA) is 43.6 Å². The molecule has 2 rings (SSSR count). The van der Waals surface area contributed by atoms with Crippen LogP contribution in [0.2, 0.25) is 0 Å². The summed E-state index contributed by atoms with van der Waals surface area (Å²) in [5.41, 5.74) is 2.74. The van der Waals surface area contributed by atoms with Crippen molar-refractivity contribution >= 4 is 23.0 Å². The molecular formula is C16H16N2O2S. The Morgan fingerprint density at radius 2 is 2.24 bits per heavy atom. The maximum Gasteiger partial charge on any atom is 0.311 e. The number of nitrogens with zero attached hydrogens (tertiary/aromatic N) is 2. The molecule has 4 nitrogen and oxygen atoms in total. The molecule has 0 aliphatic carbocycles. The number of ether oxygens (including phenoxy) is 1. The highest BCUT2D eigenvalue weighted by Gasteiger charge is 2.08. The number of hydrogen-bond donors (Lipinski definition) is 0. The van der Waals surface area contributed by atoms with E-state index in [0.29, 0.717) is 0 Å². The van der Waals surface area contributed by atoms with Crippen LogP contribution in [-0.4, -0.2) is 17.1 Å². The molecule has 0 saturated carbocycles. The van der Waals surface area contributed by atoms with Crippen LogP contribution in [0.1, 0.15) is 11.3 Å². The van der Waals surface area contributed by atoms with Gasteiger partial charge in [-0.15, -0.1) is 17.8 Å². The minimum atomic E-state index is -0.345. The Morgan fingerprint density at radius 1 is 1.48 bits per heavy atom. The molecule has 1 aromatic heterocycles. The van der Waals surface area contributed by atoms with Crippen LogP contribution < -0.4 is 4.80 Å². The summed E-state index contributed by atoms with van der Waals surface area (Å²) in [5, 5.41) is 2.04. The van der Waals surface area contributed by atoms with Gasteiger partial charge in [-0.05, 0) is 18.6 Å². The molecule has 0 amide bonds. The smallest absolute Gasteiger partial charge is 0.311 e. The third kappa shape index (κ3) is 3.83. The van der Waals surface area contributed by atoms with Crippen LogP contribution in [0.15, 0.2) is 34.6 Å². The van der Waals surface area contributed by atoms with Gasteiger partial charge in [0.15, 0.2) is 11.4 Å². The van der Waals surface area contributed by atoms with Crippen LogP contribution in [0, 0.1) is 19.3 Å². The zero-order chi connectivity index (χ0) is 15.2. The Hall–Kier alpha value is -2.32. The third-order valence-corrected chi connectivity index (χ3v) is 4.04. The van der Waals surface area contributed by atoms with Crippen molar-refractivity contribution in [3.8, 4) is 12.3 Å². The Balaban J connectivity index is 2.30. The summed E-state index contributed by atoms with van der Waals surface area (Å²) in [4.78, 5) is 17.2. The summed E-state index contributed by atoms with van der Waals surface area (Å²) in [7, 11) is 1.97. The van der Waals surface area contributed by atoms with Gasteiger partial charge in [0.2, 0.25) is 0 Å². The fourth-order valence-electron chi connectivity index (χ4n) is 1.75. The van der Waals surface area contributed by atoms with Crippen molar-refractivity contribution < 1.29 is 9.53 Å². The van der Waals surface area contributed by atoms with Gasteiger partial charge in [0, 0.05) is 18.1 Å². The number of esters is 1. The Labute approximate surface area is 127 Å². The first-order chi connectivity index (χ1) is 10.1. The van der Waals surface area contributed by atoms with Crippen molar-refractivity contribution in [2.24, 2.45) is 12.0 Å². The maximum atomic E-state index is 11.7. The van der Waals surface area contributed by atoms with Crippen molar-refractivity contribution in [3.05, 3.63) is 45.7 Å². The van der Waals surface area contributed by atoms with Crippen molar-refractivity contribution in [2.75, 3.05) is 6.61 Å². The number of rotatable bonds is 4. The molecule has 0 aliphatic heterocycles. The van der Waals surface area contributed by atoms with E-state index in [-0.39, 0.29) is 19.0 Å². The normalized spacial score (nSPS) is 11.2. The Kier molecular flexibility index (Phi) is 4.96. The maximum absolute atomic E-state index is 11.7. The summed E-state index contributed by atoms with van der Waals surface area (Å²) in [6, 6.07) is 7.54. The second-order valence-corrected chi connectivity index (χ2v) is 5.34. The zero-order valence-corrected chi connectivity index (χ0v) is 12.8. The largest absolute Gasteiger partial charge is 0.452 e. The SMILES string of the molecule is C#CCOC(=O)Cc1ccccc1N=c1scc(C)n1C. The highest BCUT2D eigenvalue weighted by molar-refractivity contribution is 7.07. The van der Waals surface area contributed by atoms with Gasteiger partial charge in [0.05, 0.1) is 12.1 Å². The molecule has 1 heterocycles. The first kappa shape index (κ1) is 15.1. The minimum Gasteiger partial charge on any atom is -0.452 e. The van der Waals surface area contributed by atoms with Crippen LogP contribution in [-0.2, 0) is 23.0 Å². The molecule has 0 radical (unpaired) electrons. The number of benzene rings is 1. The number of terminal acetylenes is 1. The van der Waals surface area contributed by atoms with Crippen LogP contribution >= 0.6 is 11.3 Å². The zero-order valence-electron chi connectivity index (χ0n) is 12.0. The van der Waals surface area contributed by atoms with Gasteiger partial charge >= 0.3 is 5.97 Å². The number of aromatic nitrogens is 1. The molecule has 0 atom stereocenters. The van der Waals surface area contributed by atoms with E-state index in [0.717, 1.165) is 21.7 Å². The van der Waals surface area contributed by atoms with Gasteiger partial charge in [-0.1, -0.05) is 24.1 Å². The molecule has 21 heavy (non-hydrogen) atoms. The summed E-state index contributed by atoms with van der Waals surface area (Å²) < 4.78 is 6.92. The molecule has 0 bridgehead atoms. The van der Waals surface area contributed by atoms with E-state index in [9.17, 15) is 4.79 Å². The van der Waals surface area contributed by atoms with E-state index in [1.165, 1.54) is 0 Å². The number of thiazole rings is 1. The van der Waals surface area contributed by atoms with Crippen molar-refractivity contribution in [1.29, 1.82) is 0 Å². The fourth-order valence-corrected chi connectivity index (χ4v) is 2.64. The van der Waals surface area contributed by atoms with Crippen LogP contribution in [0.4, 0.5) is 5.69 Å². The summed E-state index contributed by atoms with van der Waals surface area (Å²) in [6.07, 6.45) is 5.24. The quantitative estimate of drug-likeness (QED) is 0.642. The monoisotopic (exact) mass is 300 g/mol. The van der Waals surface area contributed by atoms with E-state index in [1.54, 1.807) is 11.3 Å². The second kappa shape index (κ2) is 6.91.